The molecule has 0 atom stereocenters. The summed E-state index contributed by atoms with van der Waals surface area (Å²) < 4.78 is 6.56. The highest BCUT2D eigenvalue weighted by Gasteiger charge is 2.23. The fourth-order valence-electron chi connectivity index (χ4n) is 4.73. The molecular formula is C31H32N2O2. The predicted molar refractivity (Wildman–Crippen MR) is 147 cm³/mol. The van der Waals surface area contributed by atoms with E-state index in [0.717, 1.165) is 72.2 Å². The van der Waals surface area contributed by atoms with E-state index in [9.17, 15) is 4.79 Å². The topological polar surface area (TPSA) is 46.3 Å². The Morgan fingerprint density at radius 2 is 1.54 bits per heavy atom. The molecule has 0 amide bonds. The second kappa shape index (κ2) is 9.91. The van der Waals surface area contributed by atoms with Crippen LogP contribution in [0.4, 0.5) is 5.69 Å². The fourth-order valence-corrected chi connectivity index (χ4v) is 4.73. The molecule has 35 heavy (non-hydrogen) atoms. The van der Waals surface area contributed by atoms with E-state index >= 15 is 0 Å². The molecule has 2 aliphatic rings. The molecule has 0 radical (unpaired) electrons. The van der Waals surface area contributed by atoms with Gasteiger partial charge in [0, 0.05) is 35.6 Å². The molecule has 0 N–H and O–H groups in total. The van der Waals surface area contributed by atoms with Crippen molar-refractivity contribution >= 4 is 27.6 Å². The normalized spacial score (nSPS) is 11.5. The minimum Gasteiger partial charge on any atom is -0.452 e. The van der Waals surface area contributed by atoms with Crippen LogP contribution < -0.4 is 10.3 Å². The summed E-state index contributed by atoms with van der Waals surface area (Å²) in [5, 5.41) is 1.49. The van der Waals surface area contributed by atoms with Crippen molar-refractivity contribution in [1.82, 2.24) is 4.98 Å². The van der Waals surface area contributed by atoms with Gasteiger partial charge in [-0.3, -0.25) is 4.79 Å². The van der Waals surface area contributed by atoms with E-state index in [1.165, 1.54) is 0 Å². The number of aromatic nitrogens is 1. The first kappa shape index (κ1) is 23.1. The largest absolute Gasteiger partial charge is 0.452 e. The van der Waals surface area contributed by atoms with Crippen molar-refractivity contribution in [2.24, 2.45) is 0 Å². The molecule has 0 spiro atoms. The number of hydrogen-bond donors (Lipinski definition) is 0. The van der Waals surface area contributed by atoms with Gasteiger partial charge in [-0.2, -0.15) is 0 Å². The minimum atomic E-state index is -0.0227. The lowest BCUT2D eigenvalue weighted by Gasteiger charge is -2.25. The maximum absolute atomic E-state index is 13.7. The summed E-state index contributed by atoms with van der Waals surface area (Å²) >= 11 is 0. The molecule has 1 aliphatic heterocycles. The maximum atomic E-state index is 13.7. The molecule has 0 aromatic heterocycles. The molecule has 0 bridgehead atoms. The van der Waals surface area contributed by atoms with Crippen LogP contribution in [0.5, 0.6) is 0 Å². The van der Waals surface area contributed by atoms with Crippen LogP contribution in [0.1, 0.15) is 45.1 Å². The number of unbranched alkanes of at least 4 members (excludes halogenated alkanes) is 2. The summed E-state index contributed by atoms with van der Waals surface area (Å²) in [6, 6.07) is 22.0. The van der Waals surface area contributed by atoms with Gasteiger partial charge in [0.15, 0.2) is 16.8 Å². The Bertz CT molecular complexity index is 1490. The molecule has 0 saturated carbocycles. The zero-order chi connectivity index (χ0) is 24.4. The molecule has 1 heterocycles. The molecule has 4 heteroatoms. The van der Waals surface area contributed by atoms with E-state index < -0.39 is 0 Å². The van der Waals surface area contributed by atoms with Crippen LogP contribution in [-0.4, -0.2) is 18.1 Å². The highest BCUT2D eigenvalue weighted by molar-refractivity contribution is 6.02. The van der Waals surface area contributed by atoms with Crippen molar-refractivity contribution in [3.05, 3.63) is 82.5 Å². The van der Waals surface area contributed by atoms with Gasteiger partial charge in [-0.15, -0.1) is 0 Å². The van der Waals surface area contributed by atoms with E-state index in [-0.39, 0.29) is 5.43 Å². The highest BCUT2D eigenvalue weighted by atomic mass is 16.3. The molecule has 3 aromatic carbocycles. The van der Waals surface area contributed by atoms with Gasteiger partial charge in [0.05, 0.1) is 5.56 Å². The fraction of sp³-hybridized carbons (Fsp3) is 0.290. The van der Waals surface area contributed by atoms with Crippen molar-refractivity contribution in [3.63, 3.8) is 0 Å². The van der Waals surface area contributed by atoms with E-state index in [2.05, 4.69) is 30.9 Å². The van der Waals surface area contributed by atoms with Crippen LogP contribution in [0.25, 0.3) is 44.5 Å². The Kier molecular flexibility index (Phi) is 6.54. The predicted octanol–water partition coefficient (Wildman–Crippen LogP) is 7.83. The molecule has 178 valence electrons. The Hall–Kier alpha value is -3.66. The summed E-state index contributed by atoms with van der Waals surface area (Å²) in [5.74, 6) is 0.552. The van der Waals surface area contributed by atoms with Crippen molar-refractivity contribution in [1.29, 1.82) is 0 Å². The third-order valence-corrected chi connectivity index (χ3v) is 6.75. The van der Waals surface area contributed by atoms with E-state index in [0.29, 0.717) is 22.3 Å². The number of nitrogens with zero attached hydrogens (tertiary/aromatic N) is 2. The minimum absolute atomic E-state index is 0.0227. The lowest BCUT2D eigenvalue weighted by molar-refractivity contribution is 0.614. The average molecular weight is 465 g/mol. The van der Waals surface area contributed by atoms with Crippen molar-refractivity contribution in [2.75, 3.05) is 18.0 Å². The summed E-state index contributed by atoms with van der Waals surface area (Å²) in [6.45, 7) is 8.53. The smallest absolute Gasteiger partial charge is 0.198 e. The van der Waals surface area contributed by atoms with Crippen molar-refractivity contribution in [3.8, 4) is 22.6 Å². The zero-order valence-electron chi connectivity index (χ0n) is 20.8. The lowest BCUT2D eigenvalue weighted by atomic mass is 9.94. The molecule has 0 unspecified atom stereocenters. The van der Waals surface area contributed by atoms with Gasteiger partial charge in [-0.1, -0.05) is 80.8 Å². The third-order valence-electron chi connectivity index (χ3n) is 6.75. The molecule has 5 rings (SSSR count). The Morgan fingerprint density at radius 1 is 0.857 bits per heavy atom. The van der Waals surface area contributed by atoms with Gasteiger partial charge in [-0.05, 0) is 37.5 Å². The van der Waals surface area contributed by atoms with Crippen molar-refractivity contribution < 1.29 is 4.42 Å². The number of hydrogen-bond acceptors (Lipinski definition) is 4. The standard InChI is InChI=1S/C31H32N2O2/c1-4-6-18-33(19-7-5-2)23-16-17-26-27(20-23)35-31-28(22-14-12-21(3)13-15-22)30(34)25-11-9-8-10-24(25)29(31)32-26/h8-17,20H,4-7,18-19H2,1-3H3. The van der Waals surface area contributed by atoms with Crippen LogP contribution in [0, 0.1) is 6.92 Å². The first-order valence-electron chi connectivity index (χ1n) is 12.7. The Morgan fingerprint density at radius 3 is 2.23 bits per heavy atom. The van der Waals surface area contributed by atoms with Gasteiger partial charge >= 0.3 is 0 Å². The SMILES string of the molecule is CCCCN(CCCC)c1ccc2nc3c4ccccc4c(=O)c(-c4ccc(C)cc4)c-3oc2c1. The van der Waals surface area contributed by atoms with Crippen LogP contribution in [-0.2, 0) is 0 Å². The summed E-state index contributed by atoms with van der Waals surface area (Å²) in [5.41, 5.74) is 5.93. The molecule has 0 fully saturated rings. The first-order valence-corrected chi connectivity index (χ1v) is 12.7. The Labute approximate surface area is 206 Å². The Balaban J connectivity index is 1.76. The highest BCUT2D eigenvalue weighted by Crippen LogP contribution is 2.38. The van der Waals surface area contributed by atoms with Gasteiger partial charge < -0.3 is 9.32 Å². The quantitative estimate of drug-likeness (QED) is 0.173. The van der Waals surface area contributed by atoms with Gasteiger partial charge in [0.1, 0.15) is 11.2 Å². The zero-order valence-corrected chi connectivity index (χ0v) is 20.8. The summed E-state index contributed by atoms with van der Waals surface area (Å²) in [7, 11) is 0. The number of rotatable bonds is 8. The van der Waals surface area contributed by atoms with Crippen LogP contribution in [0.2, 0.25) is 0 Å². The van der Waals surface area contributed by atoms with Gasteiger partial charge in [0.2, 0.25) is 0 Å². The summed E-state index contributed by atoms with van der Waals surface area (Å²) in [6.07, 6.45) is 4.62. The summed E-state index contributed by atoms with van der Waals surface area (Å²) in [4.78, 5) is 21.1. The second-order valence-electron chi connectivity index (χ2n) is 9.35. The molecule has 4 nitrogen and oxygen atoms in total. The molecule has 3 aromatic rings. The first-order chi connectivity index (χ1) is 17.1. The number of fused-ring (bicyclic) bond motifs is 4. The van der Waals surface area contributed by atoms with Crippen LogP contribution in [0.15, 0.2) is 75.9 Å². The second-order valence-corrected chi connectivity index (χ2v) is 9.35. The maximum Gasteiger partial charge on any atom is 0.198 e. The van der Waals surface area contributed by atoms with E-state index in [1.54, 1.807) is 0 Å². The average Bonchev–Trinajstić information content (AvgIpc) is 2.89. The molecule has 1 aliphatic carbocycles. The monoisotopic (exact) mass is 464 g/mol. The van der Waals surface area contributed by atoms with Crippen molar-refractivity contribution in [2.45, 2.75) is 46.5 Å². The molecular weight excluding hydrogens is 432 g/mol. The number of benzene rings is 4. The van der Waals surface area contributed by atoms with Crippen LogP contribution >= 0.6 is 0 Å². The molecule has 0 saturated heterocycles. The van der Waals surface area contributed by atoms with E-state index in [4.69, 9.17) is 9.40 Å². The van der Waals surface area contributed by atoms with E-state index in [1.807, 2.05) is 61.5 Å². The third kappa shape index (κ3) is 4.41. The van der Waals surface area contributed by atoms with Crippen LogP contribution in [0.3, 0.4) is 0 Å². The number of anilines is 1. The number of aryl methyl sites for hydroxylation is 1. The lowest BCUT2D eigenvalue weighted by Crippen LogP contribution is -2.25. The van der Waals surface area contributed by atoms with Gasteiger partial charge in [0.25, 0.3) is 0 Å². The van der Waals surface area contributed by atoms with Gasteiger partial charge in [-0.25, -0.2) is 4.98 Å².